The molecule has 45 heteroatoms. The zero-order valence-electron chi connectivity index (χ0n) is 75.5. The number of esters is 2. The standard InChI is InChI=1S/C83H143N6O38P/c1-13-15-17-19-21-23-25-27-29-31-33-35-37-111-39-53(112-38-36-34-32-30-28-26-24-22-20-18-16-14-2)40-115-128(109,110)127-81-61(89-50(10)95)64(100)70(55(119-81)42-114-52(12)97)121-80-60(88-49(9)94)66(102)73(75(126-80)77(107)108)124-83-68(104)71(57(44(4)117-83)85-46(6)91)122-78-58(86-47(7)92)63(99)69(54(118-78)41-113-51(11)96)120-79-59(87-48(8)93)65(101)72(74(125-79)76(105)106)123-82-67(103)62(98)56(43(3)116-82)84-45(5)90/h43-44,53-75,78-83,98-104H,13-42H2,1-12H3,(H,84,90)(H,85,91)(H,86,92)(H,87,93)(H,88,94)(H,89,95)(H,105,106)(H,107,108)(H,109,110)/t43-,44-,53?,54-,55-,56+,57+,58-,59+,60+,61-,62+,63-,64-,65-,66-,67-,68-,69-,70-,71+,72+,73+,74+,75+,78-,79-,80-,81-,82-,83-/m1/s1. The molecule has 6 saturated heterocycles. The number of phosphoric acid groups is 1. The van der Waals surface area contributed by atoms with Crippen LogP contribution < -0.4 is 31.9 Å². The van der Waals surface area contributed by atoms with Gasteiger partial charge in [-0.05, 0) is 26.7 Å². The molecule has 44 nitrogen and oxygen atoms in total. The summed E-state index contributed by atoms with van der Waals surface area (Å²) in [5, 5.41) is 120. The van der Waals surface area contributed by atoms with Crippen molar-refractivity contribution in [2.24, 2.45) is 0 Å². The minimum absolute atomic E-state index is 0.0337. The molecule has 0 aromatic heterocycles. The van der Waals surface area contributed by atoms with Crippen LogP contribution in [0.15, 0.2) is 0 Å². The van der Waals surface area contributed by atoms with Gasteiger partial charge in [0.25, 0.3) is 0 Å². The first-order chi connectivity index (χ1) is 60.7. The highest BCUT2D eigenvalue weighted by atomic mass is 31.2. The van der Waals surface area contributed by atoms with Crippen molar-refractivity contribution in [2.75, 3.05) is 39.6 Å². The molecule has 32 atom stereocenters. The van der Waals surface area contributed by atoms with Crippen molar-refractivity contribution >= 4 is 67.1 Å². The Labute approximate surface area is 746 Å². The average Bonchev–Trinajstić information content (AvgIpc) is 0.760. The quantitative estimate of drug-likeness (QED) is 0.0230. The summed E-state index contributed by atoms with van der Waals surface area (Å²) in [7, 11) is -5.36. The summed E-state index contributed by atoms with van der Waals surface area (Å²) in [6.45, 7) is 13.3. The average molecular weight is 1860 g/mol. The van der Waals surface area contributed by atoms with E-state index in [-0.39, 0.29) is 13.2 Å². The van der Waals surface area contributed by atoms with Gasteiger partial charge in [-0.25, -0.2) is 14.2 Å². The summed E-state index contributed by atoms with van der Waals surface area (Å²) in [5.41, 5.74) is 0. The monoisotopic (exact) mass is 1860 g/mol. The number of amides is 6. The second-order valence-electron chi connectivity index (χ2n) is 33.6. The van der Waals surface area contributed by atoms with Gasteiger partial charge in [0, 0.05) is 68.6 Å². The number of ether oxygens (including phenoxy) is 15. The van der Waals surface area contributed by atoms with Crippen molar-refractivity contribution in [1.29, 1.82) is 0 Å². The second kappa shape index (κ2) is 56.3. The van der Waals surface area contributed by atoms with Crippen LogP contribution in [0.2, 0.25) is 0 Å². The number of phosphoric ester groups is 1. The fourth-order valence-electron chi connectivity index (χ4n) is 16.3. The largest absolute Gasteiger partial charge is 0.479 e. The van der Waals surface area contributed by atoms with Crippen molar-refractivity contribution in [2.45, 2.75) is 427 Å². The summed E-state index contributed by atoms with van der Waals surface area (Å²) in [6, 6.07) is -10.5. The molecule has 0 aliphatic carbocycles. The minimum atomic E-state index is -5.36. The van der Waals surface area contributed by atoms with Gasteiger partial charge in [0.15, 0.2) is 49.9 Å². The minimum Gasteiger partial charge on any atom is -0.479 e. The predicted molar refractivity (Wildman–Crippen MR) is 443 cm³/mol. The lowest BCUT2D eigenvalue weighted by Crippen LogP contribution is -2.72. The van der Waals surface area contributed by atoms with E-state index in [2.05, 4.69) is 45.7 Å². The number of hydrogen-bond acceptors (Lipinski definition) is 35. The van der Waals surface area contributed by atoms with E-state index in [0.29, 0.717) is 13.0 Å². The lowest BCUT2D eigenvalue weighted by Gasteiger charge is -2.51. The van der Waals surface area contributed by atoms with Crippen LogP contribution in [-0.2, 0) is 133 Å². The number of carbonyl (C=O) groups is 10. The van der Waals surface area contributed by atoms with Gasteiger partial charge in [-0.1, -0.05) is 155 Å². The molecule has 16 N–H and O–H groups in total. The lowest BCUT2D eigenvalue weighted by atomic mass is 9.92. The maximum Gasteiger partial charge on any atom is 0.474 e. The number of aliphatic hydroxyl groups excluding tert-OH is 7. The molecule has 6 fully saturated rings. The smallest absolute Gasteiger partial charge is 0.474 e. The molecule has 0 saturated carbocycles. The topological polar surface area (TPSA) is 619 Å². The number of carbonyl (C=O) groups excluding carboxylic acids is 8. The summed E-state index contributed by atoms with van der Waals surface area (Å²) < 4.78 is 115. The number of aliphatic carboxylic acids is 2. The molecule has 6 rings (SSSR count). The van der Waals surface area contributed by atoms with Crippen LogP contribution in [0.5, 0.6) is 0 Å². The molecule has 738 valence electrons. The fraction of sp³-hybridized carbons (Fsp3) is 0.880. The highest BCUT2D eigenvalue weighted by Gasteiger charge is 2.61. The Balaban J connectivity index is 1.22. The molecule has 0 spiro atoms. The first kappa shape index (κ1) is 111. The fourth-order valence-corrected chi connectivity index (χ4v) is 17.1. The summed E-state index contributed by atoms with van der Waals surface area (Å²) in [6.07, 6.45) is -23.5. The van der Waals surface area contributed by atoms with Gasteiger partial charge < -0.3 is 154 Å². The van der Waals surface area contributed by atoms with Crippen LogP contribution in [0.1, 0.15) is 237 Å². The Hall–Kier alpha value is -5.99. The van der Waals surface area contributed by atoms with E-state index in [1.54, 1.807) is 0 Å². The third kappa shape index (κ3) is 35.8. The van der Waals surface area contributed by atoms with Crippen LogP contribution in [-0.4, -0.2) is 340 Å². The van der Waals surface area contributed by atoms with E-state index in [1.807, 2.05) is 0 Å². The van der Waals surface area contributed by atoms with Gasteiger partial charge >= 0.3 is 31.7 Å². The number of aliphatic hydroxyl groups is 7. The molecular formula is C83H143N6O38P. The molecule has 6 aliphatic heterocycles. The van der Waals surface area contributed by atoms with Crippen LogP contribution in [0.3, 0.4) is 0 Å². The Kier molecular flexibility index (Phi) is 48.7. The summed E-state index contributed by atoms with van der Waals surface area (Å²) in [5.74, 6) is -10.9. The Morgan fingerprint density at radius 1 is 0.344 bits per heavy atom. The Morgan fingerprint density at radius 3 is 1.04 bits per heavy atom. The van der Waals surface area contributed by atoms with Crippen molar-refractivity contribution < 1.29 is 183 Å². The SMILES string of the molecule is CCCCCCCCCCCCCCOCC(COP(=O)(O)O[C@H]1O[C@H](COC(C)=O)[C@@H](O[C@@H]2O[C@H](C(=O)O)[C@@H](O[C@H]3O[C@H](C)[C@H](NC(C)=O)[C@H](O[C@H]4O[C@H](COC(C)=O)[C@@H](O[C@@H]5O[C@H](C(=O)O)[C@@H](O[C@H]6O[C@H](C)[C@H](NC(C)=O)[C@H](O)[C@H]6O)[C@H](O)[C@@H]5NC(C)=O)[C@H](O)[C@H]4NC(C)=O)[C@H]3O)[C@H](O)[C@@H]2NC(C)=O)[C@H](O)[C@H]1NC(C)=O)OCCCCCCCCCCCCCC. The molecule has 6 heterocycles. The molecule has 128 heavy (non-hydrogen) atoms. The number of rotatable bonds is 56. The van der Waals surface area contributed by atoms with E-state index in [1.165, 1.54) is 104 Å². The predicted octanol–water partition coefficient (Wildman–Crippen LogP) is 1.09. The molecule has 2 unspecified atom stereocenters. The molecule has 0 aromatic rings. The Morgan fingerprint density at radius 2 is 0.656 bits per heavy atom. The van der Waals surface area contributed by atoms with E-state index in [0.717, 1.165) is 113 Å². The highest BCUT2D eigenvalue weighted by Crippen LogP contribution is 2.48. The van der Waals surface area contributed by atoms with Gasteiger partial charge in [0.1, 0.15) is 129 Å². The molecule has 0 bridgehead atoms. The number of nitrogens with one attached hydrogen (secondary N) is 6. The first-order valence-electron chi connectivity index (χ1n) is 44.9. The summed E-state index contributed by atoms with van der Waals surface area (Å²) >= 11 is 0. The molecule has 6 aliphatic rings. The van der Waals surface area contributed by atoms with Gasteiger partial charge in [-0.3, -0.25) is 47.4 Å². The van der Waals surface area contributed by atoms with Crippen molar-refractivity contribution in [1.82, 2.24) is 31.9 Å². The van der Waals surface area contributed by atoms with E-state index < -0.39 is 277 Å². The van der Waals surface area contributed by atoms with Crippen molar-refractivity contribution in [3.05, 3.63) is 0 Å². The van der Waals surface area contributed by atoms with Crippen LogP contribution in [0.25, 0.3) is 0 Å². The number of carboxylic acids is 2. The lowest BCUT2D eigenvalue weighted by molar-refractivity contribution is -0.368. The molecule has 0 radical (unpaired) electrons. The van der Waals surface area contributed by atoms with Gasteiger partial charge in [0.2, 0.25) is 35.4 Å². The zero-order chi connectivity index (χ0) is 94.6. The third-order valence-corrected chi connectivity index (χ3v) is 23.6. The van der Waals surface area contributed by atoms with Gasteiger partial charge in [-0.2, -0.15) is 0 Å². The molecular weight excluding hydrogens is 1720 g/mol. The van der Waals surface area contributed by atoms with E-state index in [9.17, 15) is 103 Å². The first-order valence-corrected chi connectivity index (χ1v) is 46.3. The Bertz CT molecular complexity index is 3450. The van der Waals surface area contributed by atoms with Crippen LogP contribution in [0.4, 0.5) is 0 Å². The van der Waals surface area contributed by atoms with Crippen molar-refractivity contribution in [3.8, 4) is 0 Å². The van der Waals surface area contributed by atoms with Gasteiger partial charge in [0.05, 0.1) is 37.5 Å². The van der Waals surface area contributed by atoms with E-state index in [4.69, 9.17) is 80.1 Å². The van der Waals surface area contributed by atoms with E-state index >= 15 is 0 Å². The number of unbranched alkanes of at least 4 members (excludes halogenated alkanes) is 22. The highest BCUT2D eigenvalue weighted by molar-refractivity contribution is 7.47. The zero-order valence-corrected chi connectivity index (χ0v) is 76.4. The second-order valence-corrected chi connectivity index (χ2v) is 35.1. The van der Waals surface area contributed by atoms with Crippen molar-refractivity contribution in [3.63, 3.8) is 0 Å². The van der Waals surface area contributed by atoms with Gasteiger partial charge in [-0.15, -0.1) is 0 Å². The van der Waals surface area contributed by atoms with Crippen LogP contribution >= 0.6 is 7.82 Å². The molecule has 0 aromatic carbocycles. The third-order valence-electron chi connectivity index (χ3n) is 22.7. The normalized spacial score (nSPS) is 33.8. The number of hydrogen-bond donors (Lipinski definition) is 16. The maximum atomic E-state index is 14.2. The number of carboxylic acid groups (broad SMARTS) is 2. The molecule has 6 amide bonds. The summed E-state index contributed by atoms with van der Waals surface area (Å²) in [4.78, 5) is 141. The maximum absolute atomic E-state index is 14.2. The van der Waals surface area contributed by atoms with Crippen LogP contribution in [0, 0.1) is 0 Å².